The molecule has 0 radical (unpaired) electrons. The quantitative estimate of drug-likeness (QED) is 0.394. The molecule has 0 aliphatic rings. The molecule has 1 N–H and O–H groups in total. The van der Waals surface area contributed by atoms with Gasteiger partial charge in [0, 0.05) is 11.0 Å². The first-order valence-electron chi connectivity index (χ1n) is 7.81. The van der Waals surface area contributed by atoms with Gasteiger partial charge in [0.1, 0.15) is 5.75 Å². The number of fused-ring (bicyclic) bond motifs is 1. The summed E-state index contributed by atoms with van der Waals surface area (Å²) >= 11 is 1.42. The van der Waals surface area contributed by atoms with Gasteiger partial charge in [0.25, 0.3) is 5.69 Å². The molecule has 0 bridgehead atoms. The number of rotatable bonds is 6. The number of ether oxygens (including phenoxy) is 1. The van der Waals surface area contributed by atoms with E-state index >= 15 is 0 Å². The lowest BCUT2D eigenvalue weighted by atomic mass is 10.1. The highest BCUT2D eigenvalue weighted by Gasteiger charge is 2.13. The largest absolute Gasteiger partial charge is 0.494 e. The van der Waals surface area contributed by atoms with Gasteiger partial charge in [-0.2, -0.15) is 0 Å². The third-order valence-corrected chi connectivity index (χ3v) is 4.75. The van der Waals surface area contributed by atoms with E-state index in [-0.39, 0.29) is 23.1 Å². The lowest BCUT2D eigenvalue weighted by Gasteiger charge is -2.10. The zero-order chi connectivity index (χ0) is 18.5. The summed E-state index contributed by atoms with van der Waals surface area (Å²) in [5.74, 6) is 0.261. The summed E-state index contributed by atoms with van der Waals surface area (Å²) in [6.07, 6.45) is 0. The van der Waals surface area contributed by atoms with E-state index in [0.717, 1.165) is 15.7 Å². The Bertz CT molecular complexity index is 975. The number of nitrogens with zero attached hydrogens (tertiary/aromatic N) is 1. The van der Waals surface area contributed by atoms with Gasteiger partial charge < -0.3 is 10.1 Å². The monoisotopic (exact) mass is 368 g/mol. The molecule has 0 spiro atoms. The molecule has 0 aliphatic carbocycles. The molecule has 26 heavy (non-hydrogen) atoms. The number of hydrogen-bond donors (Lipinski definition) is 1. The second-order valence-corrected chi connectivity index (χ2v) is 6.54. The van der Waals surface area contributed by atoms with E-state index in [1.807, 2.05) is 42.5 Å². The minimum absolute atomic E-state index is 0.0922. The number of thioether (sulfide) groups is 1. The summed E-state index contributed by atoms with van der Waals surface area (Å²) in [6.45, 7) is 0. The summed E-state index contributed by atoms with van der Waals surface area (Å²) in [5, 5.41) is 15.8. The first-order valence-corrected chi connectivity index (χ1v) is 8.79. The van der Waals surface area contributed by atoms with Crippen molar-refractivity contribution in [2.75, 3.05) is 18.2 Å². The summed E-state index contributed by atoms with van der Waals surface area (Å²) < 4.78 is 5.12. The van der Waals surface area contributed by atoms with E-state index in [1.165, 1.54) is 37.1 Å². The van der Waals surface area contributed by atoms with Crippen LogP contribution in [-0.2, 0) is 4.79 Å². The van der Waals surface area contributed by atoms with Gasteiger partial charge in [-0.15, -0.1) is 11.8 Å². The number of nitrogens with one attached hydrogen (secondary N) is 1. The molecule has 0 atom stereocenters. The van der Waals surface area contributed by atoms with Crippen LogP contribution in [0.2, 0.25) is 0 Å². The van der Waals surface area contributed by atoms with Gasteiger partial charge in [0.2, 0.25) is 5.91 Å². The highest BCUT2D eigenvalue weighted by Crippen LogP contribution is 2.29. The summed E-state index contributed by atoms with van der Waals surface area (Å²) in [7, 11) is 1.40. The van der Waals surface area contributed by atoms with Crippen molar-refractivity contribution in [3.05, 3.63) is 70.8 Å². The SMILES string of the molecule is COc1cc([N+](=O)[O-])ccc1NC(=O)CSc1ccc2ccccc2c1. The predicted molar refractivity (Wildman–Crippen MR) is 103 cm³/mol. The van der Waals surface area contributed by atoms with Crippen LogP contribution in [0.1, 0.15) is 0 Å². The molecule has 1 amide bonds. The van der Waals surface area contributed by atoms with Gasteiger partial charge in [-0.05, 0) is 29.0 Å². The molecule has 6 nitrogen and oxygen atoms in total. The number of methoxy groups -OCH3 is 1. The van der Waals surface area contributed by atoms with E-state index in [9.17, 15) is 14.9 Å². The molecule has 7 heteroatoms. The van der Waals surface area contributed by atoms with E-state index in [1.54, 1.807) is 0 Å². The van der Waals surface area contributed by atoms with E-state index < -0.39 is 4.92 Å². The van der Waals surface area contributed by atoms with E-state index in [2.05, 4.69) is 5.32 Å². The fourth-order valence-corrected chi connectivity index (χ4v) is 3.23. The minimum Gasteiger partial charge on any atom is -0.494 e. The summed E-state index contributed by atoms with van der Waals surface area (Å²) in [5.41, 5.74) is 0.313. The molecular formula is C19H16N2O4S. The first kappa shape index (κ1) is 17.8. The normalized spacial score (nSPS) is 10.5. The lowest BCUT2D eigenvalue weighted by molar-refractivity contribution is -0.384. The van der Waals surface area contributed by atoms with E-state index in [4.69, 9.17) is 4.74 Å². The van der Waals surface area contributed by atoms with Crippen molar-refractivity contribution in [1.82, 2.24) is 0 Å². The van der Waals surface area contributed by atoms with Gasteiger partial charge >= 0.3 is 0 Å². The molecule has 0 fully saturated rings. The molecule has 132 valence electrons. The Kier molecular flexibility index (Phi) is 5.38. The van der Waals surface area contributed by atoms with Gasteiger partial charge in [-0.1, -0.05) is 30.3 Å². The number of nitro benzene ring substituents is 1. The highest BCUT2D eigenvalue weighted by atomic mass is 32.2. The molecule has 0 saturated heterocycles. The lowest BCUT2D eigenvalue weighted by Crippen LogP contribution is -2.14. The Morgan fingerprint density at radius 3 is 2.62 bits per heavy atom. The van der Waals surface area contributed by atoms with Crippen molar-refractivity contribution in [2.24, 2.45) is 0 Å². The van der Waals surface area contributed by atoms with Crippen LogP contribution in [0, 0.1) is 10.1 Å². The van der Waals surface area contributed by atoms with Crippen LogP contribution < -0.4 is 10.1 Å². The number of anilines is 1. The number of non-ortho nitro benzene ring substituents is 1. The Labute approximate surface area is 154 Å². The predicted octanol–water partition coefficient (Wildman–Crippen LogP) is 4.49. The molecule has 0 aliphatic heterocycles. The third kappa shape index (κ3) is 4.12. The van der Waals surface area contributed by atoms with Crippen molar-refractivity contribution >= 4 is 39.8 Å². The maximum atomic E-state index is 12.2. The average Bonchev–Trinajstić information content (AvgIpc) is 2.66. The maximum absolute atomic E-state index is 12.2. The van der Waals surface area contributed by atoms with Crippen molar-refractivity contribution in [2.45, 2.75) is 4.90 Å². The molecule has 0 unspecified atom stereocenters. The van der Waals surface area contributed by atoms with Crippen LogP contribution in [0.25, 0.3) is 10.8 Å². The Morgan fingerprint density at radius 2 is 1.88 bits per heavy atom. The van der Waals surface area contributed by atoms with Crippen LogP contribution in [0.3, 0.4) is 0 Å². The summed E-state index contributed by atoms with van der Waals surface area (Å²) in [4.78, 5) is 23.5. The van der Waals surface area contributed by atoms with Gasteiger partial charge in [-0.25, -0.2) is 0 Å². The van der Waals surface area contributed by atoms with Gasteiger partial charge in [0.05, 0.1) is 29.5 Å². The molecule has 3 rings (SSSR count). The molecule has 3 aromatic carbocycles. The minimum atomic E-state index is -0.510. The van der Waals surface area contributed by atoms with Crippen LogP contribution in [0.4, 0.5) is 11.4 Å². The van der Waals surface area contributed by atoms with Gasteiger partial charge in [-0.3, -0.25) is 14.9 Å². The number of carbonyl (C=O) groups excluding carboxylic acids is 1. The molecule has 0 heterocycles. The third-order valence-electron chi connectivity index (χ3n) is 3.76. The zero-order valence-electron chi connectivity index (χ0n) is 14.0. The molecule has 3 aromatic rings. The van der Waals surface area contributed by atoms with Crippen molar-refractivity contribution < 1.29 is 14.5 Å². The van der Waals surface area contributed by atoms with Crippen molar-refractivity contribution in [3.8, 4) is 5.75 Å². The fraction of sp³-hybridized carbons (Fsp3) is 0.105. The molecule has 0 aromatic heterocycles. The number of amides is 1. The number of hydrogen-bond acceptors (Lipinski definition) is 5. The number of nitro groups is 1. The second-order valence-electron chi connectivity index (χ2n) is 5.49. The molecular weight excluding hydrogens is 352 g/mol. The first-order chi connectivity index (χ1) is 12.6. The standard InChI is InChI=1S/C19H16N2O4S/c1-25-18-11-15(21(23)24)7-9-17(18)20-19(22)12-26-16-8-6-13-4-2-3-5-14(13)10-16/h2-11H,12H2,1H3,(H,20,22). The Hall–Kier alpha value is -3.06. The smallest absolute Gasteiger partial charge is 0.273 e. The average molecular weight is 368 g/mol. The van der Waals surface area contributed by atoms with Crippen molar-refractivity contribution in [3.63, 3.8) is 0 Å². The van der Waals surface area contributed by atoms with E-state index in [0.29, 0.717) is 5.69 Å². The second kappa shape index (κ2) is 7.88. The topological polar surface area (TPSA) is 81.5 Å². The highest BCUT2D eigenvalue weighted by molar-refractivity contribution is 8.00. The van der Waals surface area contributed by atoms with Gasteiger partial charge in [0.15, 0.2) is 0 Å². The van der Waals surface area contributed by atoms with Crippen molar-refractivity contribution in [1.29, 1.82) is 0 Å². The van der Waals surface area contributed by atoms with Crippen LogP contribution in [0.15, 0.2) is 65.6 Å². The van der Waals surface area contributed by atoms with Crippen LogP contribution >= 0.6 is 11.8 Å². The Morgan fingerprint density at radius 1 is 1.12 bits per heavy atom. The fourth-order valence-electron chi connectivity index (χ4n) is 2.49. The van der Waals surface area contributed by atoms with Crippen LogP contribution in [-0.4, -0.2) is 23.7 Å². The Balaban J connectivity index is 1.65. The number of carbonyl (C=O) groups is 1. The summed E-state index contributed by atoms with van der Waals surface area (Å²) in [6, 6.07) is 18.2. The zero-order valence-corrected chi connectivity index (χ0v) is 14.8. The maximum Gasteiger partial charge on any atom is 0.273 e. The molecule has 0 saturated carbocycles. The van der Waals surface area contributed by atoms with Crippen LogP contribution in [0.5, 0.6) is 5.75 Å². The number of benzene rings is 3.